The Kier molecular flexibility index (Phi) is 17.5. The highest BCUT2D eigenvalue weighted by molar-refractivity contribution is 7.13. The molecule has 2 aliphatic heterocycles. The highest BCUT2D eigenvalue weighted by atomic mass is 32.1. The van der Waals surface area contributed by atoms with Gasteiger partial charge in [-0.15, -0.1) is 11.3 Å². The number of amides is 3. The molecule has 1 fully saturated rings. The molecule has 0 radical (unpaired) electrons. The van der Waals surface area contributed by atoms with Crippen LogP contribution < -0.4 is 15.4 Å². The first kappa shape index (κ1) is 53.7. The molecule has 3 aromatic carbocycles. The minimum atomic E-state index is -1.56. The van der Waals surface area contributed by atoms with E-state index in [1.165, 1.54) is 30.9 Å². The van der Waals surface area contributed by atoms with Crippen LogP contribution >= 0.6 is 11.3 Å². The Morgan fingerprint density at radius 1 is 0.930 bits per heavy atom. The first-order valence-corrected chi connectivity index (χ1v) is 26.1. The fraction of sp³-hybridized carbons (Fsp3) is 0.536. The summed E-state index contributed by atoms with van der Waals surface area (Å²) in [6, 6.07) is 15.4. The van der Waals surface area contributed by atoms with Crippen LogP contribution in [0.2, 0.25) is 0 Å². The van der Waals surface area contributed by atoms with Crippen molar-refractivity contribution < 1.29 is 42.1 Å². The van der Waals surface area contributed by atoms with Crippen LogP contribution in [0.4, 0.5) is 13.2 Å². The Balaban J connectivity index is 0.812. The van der Waals surface area contributed by atoms with E-state index in [4.69, 9.17) is 9.47 Å². The summed E-state index contributed by atoms with van der Waals surface area (Å²) < 4.78 is 59.0. The predicted octanol–water partition coefficient (Wildman–Crippen LogP) is 10.4. The number of nitrogens with one attached hydrogen (secondary N) is 2. The molecule has 6 atom stereocenters. The number of aliphatic hydroxyl groups excluding tert-OH is 1. The van der Waals surface area contributed by atoms with Gasteiger partial charge in [0.1, 0.15) is 35.1 Å². The Bertz CT molecular complexity index is 2510. The van der Waals surface area contributed by atoms with Crippen molar-refractivity contribution in [3.63, 3.8) is 0 Å². The zero-order valence-electron chi connectivity index (χ0n) is 42.6. The summed E-state index contributed by atoms with van der Waals surface area (Å²) in [4.78, 5) is 49.6. The van der Waals surface area contributed by atoms with E-state index >= 15 is 13.2 Å². The van der Waals surface area contributed by atoms with Crippen molar-refractivity contribution in [2.45, 2.75) is 155 Å². The molecule has 3 heterocycles. The van der Waals surface area contributed by atoms with Crippen molar-refractivity contribution in [3.8, 4) is 16.2 Å². The molecule has 3 N–H and O–H groups in total. The molecule has 1 saturated heterocycles. The van der Waals surface area contributed by atoms with E-state index in [0.717, 1.165) is 69.7 Å². The summed E-state index contributed by atoms with van der Waals surface area (Å²) in [6.45, 7) is 15.3. The topological polar surface area (TPSA) is 133 Å². The number of nitrogens with zero attached hydrogens (tertiary/aromatic N) is 3. The Morgan fingerprint density at radius 3 is 2.27 bits per heavy atom. The van der Waals surface area contributed by atoms with Gasteiger partial charge in [0.2, 0.25) is 17.7 Å². The average Bonchev–Trinajstić information content (AvgIpc) is 4.03. The highest BCUT2D eigenvalue weighted by Gasteiger charge is 2.46. The van der Waals surface area contributed by atoms with Gasteiger partial charge < -0.3 is 30.1 Å². The molecule has 7 rings (SSSR count). The van der Waals surface area contributed by atoms with Crippen LogP contribution in [-0.4, -0.2) is 100 Å². The normalized spacial score (nSPS) is 20.1. The molecular formula is C56H72F3N5O6S. The van der Waals surface area contributed by atoms with Crippen molar-refractivity contribution in [1.29, 1.82) is 0 Å². The van der Waals surface area contributed by atoms with Gasteiger partial charge in [-0.1, -0.05) is 88.6 Å². The van der Waals surface area contributed by atoms with Crippen LogP contribution in [0.25, 0.3) is 16.0 Å². The molecule has 1 aromatic heterocycles. The molecular weight excluding hydrogens is 928 g/mol. The standard InChI is InChI=1S/C56H72F3N5O6S/c1-34-26-43-42-17-13-12-16-39(42)27-44(43)50(64(34)32-56(7,8)59)49-45(57)29-41(30-46(49)58)70-24-15-11-9-10-14-23-69-25-22-48(66)62-52(55(4,5)6)54(68)63-31-40(65)28-47(63)53(67)61-35(2)37-18-20-38(21-19-37)51-36(3)60-33-71-51/h12-13,16-21,29-30,33-35,40,47,50,52,65H,9-11,14-15,22-28,31-32H2,1-8H3,(H,61,67)(H,62,66)/t34-,35+,40-,47+,50+,52-/m1/s1. The molecule has 11 nitrogen and oxygen atoms in total. The second-order valence-corrected chi connectivity index (χ2v) is 22.2. The summed E-state index contributed by atoms with van der Waals surface area (Å²) in [6.07, 6.45) is 4.61. The lowest BCUT2D eigenvalue weighted by Gasteiger charge is -2.44. The predicted molar refractivity (Wildman–Crippen MR) is 273 cm³/mol. The Labute approximate surface area is 421 Å². The van der Waals surface area contributed by atoms with Crippen LogP contribution in [0.3, 0.4) is 0 Å². The number of carbonyl (C=O) groups excluding carboxylic acids is 3. The van der Waals surface area contributed by atoms with Crippen molar-refractivity contribution >= 4 is 34.6 Å². The molecule has 3 aliphatic rings. The zero-order valence-corrected chi connectivity index (χ0v) is 43.4. The number of unbranched alkanes of at least 4 members (excludes halogenated alkanes) is 4. The van der Waals surface area contributed by atoms with Crippen LogP contribution in [0.5, 0.6) is 5.75 Å². The van der Waals surface area contributed by atoms with Gasteiger partial charge >= 0.3 is 0 Å². The lowest BCUT2D eigenvalue weighted by molar-refractivity contribution is -0.144. The lowest BCUT2D eigenvalue weighted by atomic mass is 9.84. The molecule has 0 spiro atoms. The second kappa shape index (κ2) is 23.2. The molecule has 0 bridgehead atoms. The number of rotatable bonds is 21. The molecule has 4 aromatic rings. The van der Waals surface area contributed by atoms with E-state index in [0.29, 0.717) is 32.5 Å². The SMILES string of the molecule is Cc1ncsc1-c1ccc([C@H](C)NC(=O)[C@@H]2C[C@@H](O)CN2C(=O)[C@@H](NC(=O)CCOCCCCCCCOc2cc(F)c([C@@H]3C4=C(C[C@@H](C)N3CC(C)(C)F)c3ccccc3C4)c(F)c2)C(C)(C)C)cc1. The number of thiazole rings is 1. The van der Waals surface area contributed by atoms with Gasteiger partial charge in [-0.05, 0) is 99.1 Å². The average molecular weight is 1000 g/mol. The van der Waals surface area contributed by atoms with Crippen molar-refractivity contribution in [2.24, 2.45) is 5.41 Å². The first-order valence-electron chi connectivity index (χ1n) is 25.2. The lowest BCUT2D eigenvalue weighted by Crippen LogP contribution is -2.58. The number of aromatic nitrogens is 1. The number of benzene rings is 3. The van der Waals surface area contributed by atoms with Gasteiger partial charge in [0.15, 0.2) is 0 Å². The Hall–Kier alpha value is -5.09. The smallest absolute Gasteiger partial charge is 0.246 e. The van der Waals surface area contributed by atoms with Gasteiger partial charge in [0.05, 0.1) is 47.5 Å². The number of likely N-dealkylation sites (tertiary alicyclic amines) is 1. The van der Waals surface area contributed by atoms with E-state index < -0.39 is 52.9 Å². The van der Waals surface area contributed by atoms with Gasteiger partial charge in [0, 0.05) is 56.3 Å². The van der Waals surface area contributed by atoms with Crippen LogP contribution in [0.15, 0.2) is 71.7 Å². The zero-order chi connectivity index (χ0) is 51.2. The minimum absolute atomic E-state index is 0.0153. The molecule has 384 valence electrons. The van der Waals surface area contributed by atoms with Crippen molar-refractivity contribution in [3.05, 3.63) is 111 Å². The van der Waals surface area contributed by atoms with E-state index in [2.05, 4.69) is 21.7 Å². The fourth-order valence-electron chi connectivity index (χ4n) is 10.3. The van der Waals surface area contributed by atoms with Gasteiger partial charge in [-0.3, -0.25) is 19.3 Å². The summed E-state index contributed by atoms with van der Waals surface area (Å²) in [5.74, 6) is -2.42. The number of fused-ring (bicyclic) bond motifs is 2. The van der Waals surface area contributed by atoms with E-state index in [9.17, 15) is 19.5 Å². The number of aryl methyl sites for hydroxylation is 1. The number of halogens is 3. The molecule has 0 saturated carbocycles. The van der Waals surface area contributed by atoms with E-state index in [1.807, 2.05) is 94.4 Å². The maximum atomic E-state index is 16.1. The number of hydrogen-bond donors (Lipinski definition) is 3. The third-order valence-corrected chi connectivity index (χ3v) is 14.9. The molecule has 15 heteroatoms. The number of aliphatic hydroxyl groups is 1. The molecule has 71 heavy (non-hydrogen) atoms. The quantitative estimate of drug-likeness (QED) is 0.0703. The minimum Gasteiger partial charge on any atom is -0.493 e. The van der Waals surface area contributed by atoms with Crippen molar-refractivity contribution in [2.75, 3.05) is 32.9 Å². The monoisotopic (exact) mass is 1000 g/mol. The van der Waals surface area contributed by atoms with Gasteiger partial charge in [-0.25, -0.2) is 18.2 Å². The fourth-order valence-corrected chi connectivity index (χ4v) is 11.1. The maximum absolute atomic E-state index is 16.1. The number of alkyl halides is 1. The van der Waals surface area contributed by atoms with Crippen LogP contribution in [0, 0.1) is 24.0 Å². The van der Waals surface area contributed by atoms with Gasteiger partial charge in [-0.2, -0.15) is 0 Å². The second-order valence-electron chi connectivity index (χ2n) is 21.3. The number of ether oxygens (including phenoxy) is 2. The molecule has 1 aliphatic carbocycles. The maximum Gasteiger partial charge on any atom is 0.246 e. The van der Waals surface area contributed by atoms with E-state index in [1.54, 1.807) is 11.3 Å². The van der Waals surface area contributed by atoms with Crippen LogP contribution in [0.1, 0.15) is 140 Å². The number of carbonyl (C=O) groups is 3. The van der Waals surface area contributed by atoms with Crippen LogP contribution in [-0.2, 0) is 25.5 Å². The summed E-state index contributed by atoms with van der Waals surface area (Å²) in [7, 11) is 0. The molecule has 0 unspecified atom stereocenters. The number of β-amino-alcohol motifs (C(OH)–C–C–N with tert-alkyl or cyclic N) is 1. The summed E-state index contributed by atoms with van der Waals surface area (Å²) >= 11 is 1.57. The molecule has 3 amide bonds. The first-order chi connectivity index (χ1) is 33.7. The summed E-state index contributed by atoms with van der Waals surface area (Å²) in [5.41, 5.74) is 6.66. The Morgan fingerprint density at radius 2 is 1.61 bits per heavy atom. The highest BCUT2D eigenvalue weighted by Crippen LogP contribution is 2.50. The van der Waals surface area contributed by atoms with Crippen molar-refractivity contribution in [1.82, 2.24) is 25.4 Å². The summed E-state index contributed by atoms with van der Waals surface area (Å²) in [5, 5.41) is 16.6. The largest absolute Gasteiger partial charge is 0.493 e. The van der Waals surface area contributed by atoms with Gasteiger partial charge in [0.25, 0.3) is 0 Å². The number of hydrogen-bond acceptors (Lipinski definition) is 9. The third-order valence-electron chi connectivity index (χ3n) is 14.0. The third kappa shape index (κ3) is 13.3. The van der Waals surface area contributed by atoms with E-state index in [-0.39, 0.29) is 67.7 Å².